The van der Waals surface area contributed by atoms with Crippen LogP contribution in [0, 0.1) is 5.41 Å². The molecule has 2 N–H and O–H groups in total. The van der Waals surface area contributed by atoms with E-state index in [1.54, 1.807) is 0 Å². The van der Waals surface area contributed by atoms with Crippen LogP contribution in [0.1, 0.15) is 47.5 Å². The van der Waals surface area contributed by atoms with Crippen molar-refractivity contribution in [2.24, 2.45) is 5.41 Å². The normalized spacial score (nSPS) is 31.1. The van der Waals surface area contributed by atoms with Gasteiger partial charge in [0.15, 0.2) is 0 Å². The van der Waals surface area contributed by atoms with E-state index in [4.69, 9.17) is 4.74 Å². The summed E-state index contributed by atoms with van der Waals surface area (Å²) in [6, 6.07) is 0.379. The molecule has 5 nitrogen and oxygen atoms in total. The molecule has 0 saturated heterocycles. The molecule has 6 heteroatoms. The minimum Gasteiger partial charge on any atom is -0.378 e. The molecule has 0 aromatic heterocycles. The summed E-state index contributed by atoms with van der Waals surface area (Å²) in [6.07, 6.45) is 3.54. The zero-order valence-electron chi connectivity index (χ0n) is 13.6. The molecule has 1 rings (SSSR count). The van der Waals surface area contributed by atoms with Crippen LogP contribution in [0.2, 0.25) is 0 Å². The topological polar surface area (TPSA) is 67.4 Å². The van der Waals surface area contributed by atoms with E-state index in [2.05, 4.69) is 23.9 Å². The third kappa shape index (κ3) is 4.41. The van der Waals surface area contributed by atoms with Gasteiger partial charge in [0.05, 0.1) is 12.4 Å². The van der Waals surface area contributed by atoms with Crippen molar-refractivity contribution in [3.05, 3.63) is 0 Å². The summed E-state index contributed by atoms with van der Waals surface area (Å²) in [5.41, 5.74) is -0.351. The Morgan fingerprint density at radius 2 is 1.95 bits per heavy atom. The Morgan fingerprint density at radius 3 is 2.40 bits per heavy atom. The molecule has 20 heavy (non-hydrogen) atoms. The van der Waals surface area contributed by atoms with Gasteiger partial charge in [-0.05, 0) is 33.6 Å². The van der Waals surface area contributed by atoms with Crippen molar-refractivity contribution in [1.29, 1.82) is 0 Å². The summed E-state index contributed by atoms with van der Waals surface area (Å²) in [6.45, 7) is 11.6. The van der Waals surface area contributed by atoms with Crippen LogP contribution in [0.15, 0.2) is 0 Å². The van der Waals surface area contributed by atoms with Crippen molar-refractivity contribution in [3.8, 4) is 0 Å². The highest BCUT2D eigenvalue weighted by Crippen LogP contribution is 2.45. The lowest BCUT2D eigenvalue weighted by molar-refractivity contribution is -0.126. The van der Waals surface area contributed by atoms with E-state index in [1.165, 1.54) is 6.26 Å². The summed E-state index contributed by atoms with van der Waals surface area (Å²) in [5, 5.41) is 3.50. The maximum atomic E-state index is 11.3. The van der Waals surface area contributed by atoms with Crippen molar-refractivity contribution in [1.82, 2.24) is 10.0 Å². The molecular weight excluding hydrogens is 276 g/mol. The fourth-order valence-corrected chi connectivity index (χ4v) is 4.06. The lowest BCUT2D eigenvalue weighted by atomic mass is 9.61. The molecule has 3 atom stereocenters. The maximum absolute atomic E-state index is 11.3. The molecular formula is C14H30N2O3S. The lowest BCUT2D eigenvalue weighted by Gasteiger charge is -2.54. The molecule has 1 saturated carbocycles. The summed E-state index contributed by atoms with van der Waals surface area (Å²) in [7, 11) is -3.19. The largest absolute Gasteiger partial charge is 0.378 e. The summed E-state index contributed by atoms with van der Waals surface area (Å²) >= 11 is 0. The van der Waals surface area contributed by atoms with Crippen LogP contribution in [0.4, 0.5) is 0 Å². The quantitative estimate of drug-likeness (QED) is 0.713. The van der Waals surface area contributed by atoms with Gasteiger partial charge in [0.1, 0.15) is 0 Å². The first-order valence-electron chi connectivity index (χ1n) is 7.38. The van der Waals surface area contributed by atoms with Crippen molar-refractivity contribution in [3.63, 3.8) is 0 Å². The van der Waals surface area contributed by atoms with E-state index in [0.29, 0.717) is 18.7 Å². The first kappa shape index (κ1) is 17.9. The number of hydrogen-bond donors (Lipinski definition) is 2. The van der Waals surface area contributed by atoms with Gasteiger partial charge in [-0.3, -0.25) is 0 Å². The fourth-order valence-electron chi connectivity index (χ4n) is 2.98. The highest BCUT2D eigenvalue weighted by atomic mass is 32.2. The Morgan fingerprint density at radius 1 is 1.35 bits per heavy atom. The maximum Gasteiger partial charge on any atom is 0.209 e. The van der Waals surface area contributed by atoms with Crippen LogP contribution >= 0.6 is 0 Å². The number of nitrogens with one attached hydrogen (secondary N) is 2. The van der Waals surface area contributed by atoms with Gasteiger partial charge in [-0.15, -0.1) is 0 Å². The zero-order chi connectivity index (χ0) is 15.6. The third-order valence-corrected chi connectivity index (χ3v) is 5.29. The van der Waals surface area contributed by atoms with Crippen LogP contribution in [-0.4, -0.2) is 45.5 Å². The van der Waals surface area contributed by atoms with Crippen LogP contribution in [0.5, 0.6) is 0 Å². The molecule has 120 valence electrons. The fraction of sp³-hybridized carbons (Fsp3) is 1.00. The molecule has 0 heterocycles. The lowest BCUT2D eigenvalue weighted by Crippen LogP contribution is -2.64. The van der Waals surface area contributed by atoms with Crippen LogP contribution < -0.4 is 10.0 Å². The Kier molecular flexibility index (Phi) is 5.63. The van der Waals surface area contributed by atoms with Gasteiger partial charge < -0.3 is 10.1 Å². The second-order valence-electron chi connectivity index (χ2n) is 6.73. The predicted molar refractivity (Wildman–Crippen MR) is 82.3 cm³/mol. The second kappa shape index (κ2) is 6.30. The Bertz CT molecular complexity index is 422. The molecule has 0 amide bonds. The predicted octanol–water partition coefficient (Wildman–Crippen LogP) is 1.50. The number of hydrogen-bond acceptors (Lipinski definition) is 4. The number of rotatable bonds is 8. The molecule has 0 aliphatic heterocycles. The first-order valence-corrected chi connectivity index (χ1v) is 9.27. The summed E-state index contributed by atoms with van der Waals surface area (Å²) in [5.74, 6) is 0. The Hall–Kier alpha value is -0.170. The summed E-state index contributed by atoms with van der Waals surface area (Å²) in [4.78, 5) is 0. The minimum atomic E-state index is -3.19. The average molecular weight is 306 g/mol. The van der Waals surface area contributed by atoms with E-state index < -0.39 is 15.6 Å². The monoisotopic (exact) mass is 306 g/mol. The van der Waals surface area contributed by atoms with E-state index >= 15 is 0 Å². The SMILES string of the molecule is CCOC1CC(NCC(C)(C)NS(C)(=O)=O)C1(C)CC. The number of sulfonamides is 1. The highest BCUT2D eigenvalue weighted by molar-refractivity contribution is 7.88. The van der Waals surface area contributed by atoms with Crippen molar-refractivity contribution >= 4 is 10.0 Å². The van der Waals surface area contributed by atoms with Crippen LogP contribution in [-0.2, 0) is 14.8 Å². The van der Waals surface area contributed by atoms with E-state index in [0.717, 1.165) is 19.4 Å². The Labute approximate surface area is 123 Å². The molecule has 1 aliphatic rings. The molecule has 0 bridgehead atoms. The van der Waals surface area contributed by atoms with E-state index in [1.807, 2.05) is 20.8 Å². The average Bonchev–Trinajstić information content (AvgIpc) is 2.28. The van der Waals surface area contributed by atoms with Gasteiger partial charge in [-0.2, -0.15) is 0 Å². The zero-order valence-corrected chi connectivity index (χ0v) is 14.4. The Balaban J connectivity index is 2.54. The third-order valence-electron chi connectivity index (χ3n) is 4.36. The second-order valence-corrected chi connectivity index (χ2v) is 8.48. The van der Waals surface area contributed by atoms with E-state index in [9.17, 15) is 8.42 Å². The highest BCUT2D eigenvalue weighted by Gasteiger charge is 2.51. The van der Waals surface area contributed by atoms with Crippen molar-refractivity contribution < 1.29 is 13.2 Å². The smallest absolute Gasteiger partial charge is 0.209 e. The molecule has 1 aliphatic carbocycles. The van der Waals surface area contributed by atoms with Gasteiger partial charge in [-0.25, -0.2) is 13.1 Å². The molecule has 0 radical (unpaired) electrons. The van der Waals surface area contributed by atoms with E-state index in [-0.39, 0.29) is 5.41 Å². The van der Waals surface area contributed by atoms with Gasteiger partial charge in [-0.1, -0.05) is 13.8 Å². The minimum absolute atomic E-state index is 0.136. The first-order chi connectivity index (χ1) is 9.04. The molecule has 0 aromatic rings. The van der Waals surface area contributed by atoms with Crippen LogP contribution in [0.3, 0.4) is 0 Å². The standard InChI is InChI=1S/C14H30N2O3S/c1-7-14(5)11(9-12(14)19-8-2)15-10-13(3,4)16-20(6,17)18/h11-12,15-16H,7-10H2,1-6H3. The summed E-state index contributed by atoms with van der Waals surface area (Å²) < 4.78 is 31.1. The molecule has 3 unspecified atom stereocenters. The van der Waals surface area contributed by atoms with Gasteiger partial charge in [0.25, 0.3) is 0 Å². The molecule has 0 spiro atoms. The van der Waals surface area contributed by atoms with Crippen LogP contribution in [0.25, 0.3) is 0 Å². The molecule has 1 fully saturated rings. The number of ether oxygens (including phenoxy) is 1. The van der Waals surface area contributed by atoms with Gasteiger partial charge in [0, 0.05) is 30.1 Å². The van der Waals surface area contributed by atoms with Crippen molar-refractivity contribution in [2.45, 2.75) is 65.1 Å². The van der Waals surface area contributed by atoms with Gasteiger partial charge >= 0.3 is 0 Å². The molecule has 0 aromatic carbocycles. The van der Waals surface area contributed by atoms with Crippen molar-refractivity contribution in [2.75, 3.05) is 19.4 Å². The van der Waals surface area contributed by atoms with Gasteiger partial charge in [0.2, 0.25) is 10.0 Å².